The third kappa shape index (κ3) is 2.10. The molecule has 0 unspecified atom stereocenters. The standard InChI is InChI=1S/C16H17FN2/c17-14-6-3-5-13(8-10-18)16(14)19-11-9-12-4-1-2-7-15(12)19/h1-7H,8-11,18H2. The van der Waals surface area contributed by atoms with Gasteiger partial charge in [0.15, 0.2) is 0 Å². The molecule has 98 valence electrons. The lowest BCUT2D eigenvalue weighted by Gasteiger charge is -2.23. The van der Waals surface area contributed by atoms with Crippen LogP contribution in [0.3, 0.4) is 0 Å². The van der Waals surface area contributed by atoms with Crippen LogP contribution in [0.2, 0.25) is 0 Å². The number of nitrogens with zero attached hydrogens (tertiary/aromatic N) is 1. The first-order chi connectivity index (χ1) is 9.31. The second-order valence-corrected chi connectivity index (χ2v) is 4.82. The van der Waals surface area contributed by atoms with Crippen LogP contribution in [0.15, 0.2) is 42.5 Å². The molecule has 2 N–H and O–H groups in total. The second kappa shape index (κ2) is 5.02. The SMILES string of the molecule is NCCc1cccc(F)c1N1CCc2ccccc21. The second-order valence-electron chi connectivity index (χ2n) is 4.82. The number of anilines is 2. The molecule has 0 fully saturated rings. The van der Waals surface area contributed by atoms with Gasteiger partial charge in [0.2, 0.25) is 0 Å². The van der Waals surface area contributed by atoms with Crippen molar-refractivity contribution in [2.45, 2.75) is 12.8 Å². The smallest absolute Gasteiger partial charge is 0.147 e. The van der Waals surface area contributed by atoms with Crippen molar-refractivity contribution in [3.63, 3.8) is 0 Å². The van der Waals surface area contributed by atoms with Crippen molar-refractivity contribution < 1.29 is 4.39 Å². The maximum Gasteiger partial charge on any atom is 0.147 e. The van der Waals surface area contributed by atoms with Gasteiger partial charge < -0.3 is 10.6 Å². The van der Waals surface area contributed by atoms with Gasteiger partial charge in [0.1, 0.15) is 5.82 Å². The van der Waals surface area contributed by atoms with E-state index in [1.54, 1.807) is 6.07 Å². The van der Waals surface area contributed by atoms with Crippen LogP contribution in [0, 0.1) is 5.82 Å². The van der Waals surface area contributed by atoms with Crippen molar-refractivity contribution in [1.82, 2.24) is 0 Å². The Morgan fingerprint density at radius 3 is 2.79 bits per heavy atom. The van der Waals surface area contributed by atoms with Crippen LogP contribution in [0.1, 0.15) is 11.1 Å². The molecule has 0 spiro atoms. The molecule has 0 amide bonds. The first-order valence-corrected chi connectivity index (χ1v) is 6.64. The van der Waals surface area contributed by atoms with Gasteiger partial charge in [-0.3, -0.25) is 0 Å². The maximum absolute atomic E-state index is 14.2. The summed E-state index contributed by atoms with van der Waals surface area (Å²) in [7, 11) is 0. The number of fused-ring (bicyclic) bond motifs is 1. The lowest BCUT2D eigenvalue weighted by molar-refractivity contribution is 0.623. The Labute approximate surface area is 112 Å². The van der Waals surface area contributed by atoms with Gasteiger partial charge >= 0.3 is 0 Å². The summed E-state index contributed by atoms with van der Waals surface area (Å²) in [6.45, 7) is 1.36. The van der Waals surface area contributed by atoms with E-state index in [0.29, 0.717) is 18.7 Å². The highest BCUT2D eigenvalue weighted by Gasteiger charge is 2.24. The van der Waals surface area contributed by atoms with E-state index in [1.807, 2.05) is 18.2 Å². The van der Waals surface area contributed by atoms with Gasteiger partial charge in [-0.1, -0.05) is 30.3 Å². The van der Waals surface area contributed by atoms with Gasteiger partial charge in [0, 0.05) is 12.2 Å². The molecule has 0 aliphatic carbocycles. The molecule has 0 bridgehead atoms. The van der Waals surface area contributed by atoms with Crippen molar-refractivity contribution in [3.8, 4) is 0 Å². The van der Waals surface area contributed by atoms with Gasteiger partial charge in [0.25, 0.3) is 0 Å². The summed E-state index contributed by atoms with van der Waals surface area (Å²) in [6, 6.07) is 13.4. The Hall–Kier alpha value is -1.87. The highest BCUT2D eigenvalue weighted by atomic mass is 19.1. The van der Waals surface area contributed by atoms with E-state index in [1.165, 1.54) is 11.6 Å². The largest absolute Gasteiger partial charge is 0.338 e. The first kappa shape index (κ1) is 12.2. The number of benzene rings is 2. The van der Waals surface area contributed by atoms with E-state index < -0.39 is 0 Å². The van der Waals surface area contributed by atoms with Crippen LogP contribution in [-0.2, 0) is 12.8 Å². The Balaban J connectivity index is 2.09. The molecule has 19 heavy (non-hydrogen) atoms. The number of halogens is 1. The molecule has 3 rings (SSSR count). The Morgan fingerprint density at radius 2 is 1.95 bits per heavy atom. The van der Waals surface area contributed by atoms with Gasteiger partial charge in [-0.05, 0) is 42.6 Å². The normalized spacial score (nSPS) is 13.7. The molecule has 0 radical (unpaired) electrons. The van der Waals surface area contributed by atoms with Crippen molar-refractivity contribution in [2.75, 3.05) is 18.0 Å². The molecule has 0 saturated heterocycles. The molecule has 1 heterocycles. The molecular weight excluding hydrogens is 239 g/mol. The summed E-state index contributed by atoms with van der Waals surface area (Å²) in [5, 5.41) is 0. The zero-order chi connectivity index (χ0) is 13.2. The predicted octanol–water partition coefficient (Wildman–Crippen LogP) is 3.02. The quantitative estimate of drug-likeness (QED) is 0.914. The van der Waals surface area contributed by atoms with Crippen LogP contribution < -0.4 is 10.6 Å². The number of para-hydroxylation sites is 2. The minimum Gasteiger partial charge on any atom is -0.338 e. The molecule has 2 nitrogen and oxygen atoms in total. The molecular formula is C16H17FN2. The summed E-state index contributed by atoms with van der Waals surface area (Å²) in [5.41, 5.74) is 9.71. The molecule has 0 saturated carbocycles. The summed E-state index contributed by atoms with van der Waals surface area (Å²) < 4.78 is 14.2. The van der Waals surface area contributed by atoms with Crippen LogP contribution in [0.5, 0.6) is 0 Å². The maximum atomic E-state index is 14.2. The molecule has 0 aromatic heterocycles. The Bertz CT molecular complexity index is 595. The summed E-state index contributed by atoms with van der Waals surface area (Å²) >= 11 is 0. The minimum absolute atomic E-state index is 0.164. The Morgan fingerprint density at radius 1 is 1.11 bits per heavy atom. The predicted molar refractivity (Wildman–Crippen MR) is 76.3 cm³/mol. The van der Waals surface area contributed by atoms with E-state index in [0.717, 1.165) is 24.2 Å². The highest BCUT2D eigenvalue weighted by molar-refractivity contribution is 5.72. The lowest BCUT2D eigenvalue weighted by Crippen LogP contribution is -2.18. The average Bonchev–Trinajstić information content (AvgIpc) is 2.83. The van der Waals surface area contributed by atoms with Gasteiger partial charge in [0.05, 0.1) is 5.69 Å². The van der Waals surface area contributed by atoms with E-state index in [9.17, 15) is 4.39 Å². The van der Waals surface area contributed by atoms with Gasteiger partial charge in [-0.25, -0.2) is 4.39 Å². The third-order valence-corrected chi connectivity index (χ3v) is 3.64. The van der Waals surface area contributed by atoms with Crippen molar-refractivity contribution in [3.05, 3.63) is 59.4 Å². The number of nitrogens with two attached hydrogens (primary N) is 1. The van der Waals surface area contributed by atoms with Crippen LogP contribution in [0.4, 0.5) is 15.8 Å². The first-order valence-electron chi connectivity index (χ1n) is 6.64. The molecule has 1 aliphatic heterocycles. The molecule has 2 aromatic carbocycles. The zero-order valence-electron chi connectivity index (χ0n) is 10.8. The molecule has 3 heteroatoms. The Kier molecular flexibility index (Phi) is 3.22. The van der Waals surface area contributed by atoms with Crippen molar-refractivity contribution >= 4 is 11.4 Å². The number of rotatable bonds is 3. The van der Waals surface area contributed by atoms with E-state index in [4.69, 9.17) is 5.73 Å². The van der Waals surface area contributed by atoms with Gasteiger partial charge in [-0.2, -0.15) is 0 Å². The fourth-order valence-corrected chi connectivity index (χ4v) is 2.79. The summed E-state index contributed by atoms with van der Waals surface area (Å²) in [5.74, 6) is -0.164. The van der Waals surface area contributed by atoms with Crippen molar-refractivity contribution in [2.24, 2.45) is 5.73 Å². The topological polar surface area (TPSA) is 29.3 Å². The molecule has 2 aromatic rings. The van der Waals surface area contributed by atoms with E-state index in [2.05, 4.69) is 17.0 Å². The zero-order valence-corrected chi connectivity index (χ0v) is 10.8. The number of hydrogen-bond acceptors (Lipinski definition) is 2. The number of hydrogen-bond donors (Lipinski definition) is 1. The van der Waals surface area contributed by atoms with Gasteiger partial charge in [-0.15, -0.1) is 0 Å². The fourth-order valence-electron chi connectivity index (χ4n) is 2.79. The molecule has 0 atom stereocenters. The molecule has 1 aliphatic rings. The monoisotopic (exact) mass is 256 g/mol. The minimum atomic E-state index is -0.164. The van der Waals surface area contributed by atoms with Crippen LogP contribution in [0.25, 0.3) is 0 Å². The fraction of sp³-hybridized carbons (Fsp3) is 0.250. The summed E-state index contributed by atoms with van der Waals surface area (Å²) in [6.07, 6.45) is 1.67. The third-order valence-electron chi connectivity index (χ3n) is 3.64. The van der Waals surface area contributed by atoms with E-state index in [-0.39, 0.29) is 5.82 Å². The van der Waals surface area contributed by atoms with Crippen LogP contribution >= 0.6 is 0 Å². The summed E-state index contributed by atoms with van der Waals surface area (Å²) in [4.78, 5) is 2.08. The lowest BCUT2D eigenvalue weighted by atomic mass is 10.1. The average molecular weight is 256 g/mol. The van der Waals surface area contributed by atoms with Crippen molar-refractivity contribution in [1.29, 1.82) is 0 Å². The van der Waals surface area contributed by atoms with Crippen LogP contribution in [-0.4, -0.2) is 13.1 Å². The van der Waals surface area contributed by atoms with E-state index >= 15 is 0 Å². The highest BCUT2D eigenvalue weighted by Crippen LogP contribution is 2.37.